The number of rotatable bonds is 3. The van der Waals surface area contributed by atoms with E-state index in [9.17, 15) is 0 Å². The van der Waals surface area contributed by atoms with Crippen LogP contribution in [0, 0.1) is 0 Å². The maximum absolute atomic E-state index is 6.19. The SMILES string of the molecule is CCc1nn(C)cc1-c1nc(C2CCCC2)sc1N. The van der Waals surface area contributed by atoms with Crippen LogP contribution >= 0.6 is 11.3 Å². The lowest BCUT2D eigenvalue weighted by atomic mass is 10.1. The molecule has 19 heavy (non-hydrogen) atoms. The summed E-state index contributed by atoms with van der Waals surface area (Å²) >= 11 is 1.66. The van der Waals surface area contributed by atoms with Crippen LogP contribution in [0.15, 0.2) is 6.20 Å². The zero-order valence-electron chi connectivity index (χ0n) is 11.5. The normalized spacial score (nSPS) is 16.3. The average Bonchev–Trinajstić information content (AvgIpc) is 3.07. The Labute approximate surface area is 117 Å². The number of nitrogens with two attached hydrogens (primary N) is 1. The van der Waals surface area contributed by atoms with E-state index in [4.69, 9.17) is 10.7 Å². The third-order valence-electron chi connectivity index (χ3n) is 3.87. The highest BCUT2D eigenvalue weighted by molar-refractivity contribution is 7.16. The minimum absolute atomic E-state index is 0.628. The highest BCUT2D eigenvalue weighted by atomic mass is 32.1. The minimum Gasteiger partial charge on any atom is -0.389 e. The number of nitrogen functional groups attached to an aromatic ring is 1. The lowest BCUT2D eigenvalue weighted by Gasteiger charge is -2.02. The topological polar surface area (TPSA) is 56.7 Å². The van der Waals surface area contributed by atoms with Crippen LogP contribution in [0.1, 0.15) is 49.2 Å². The summed E-state index contributed by atoms with van der Waals surface area (Å²) in [4.78, 5) is 4.82. The summed E-state index contributed by atoms with van der Waals surface area (Å²) in [6.07, 6.45) is 8.12. The highest BCUT2D eigenvalue weighted by Crippen LogP contribution is 2.41. The maximum Gasteiger partial charge on any atom is 0.114 e. The van der Waals surface area contributed by atoms with Gasteiger partial charge in [-0.15, -0.1) is 11.3 Å². The van der Waals surface area contributed by atoms with Gasteiger partial charge in [-0.3, -0.25) is 4.68 Å². The molecule has 0 unspecified atom stereocenters. The van der Waals surface area contributed by atoms with Crippen LogP contribution < -0.4 is 5.73 Å². The van der Waals surface area contributed by atoms with Crippen LogP contribution in [0.4, 0.5) is 5.00 Å². The molecule has 1 aliphatic rings. The van der Waals surface area contributed by atoms with Gasteiger partial charge in [0.15, 0.2) is 0 Å². The molecular formula is C14H20N4S. The molecule has 2 aromatic heterocycles. The number of anilines is 1. The molecule has 0 radical (unpaired) electrons. The third-order valence-corrected chi connectivity index (χ3v) is 4.92. The van der Waals surface area contributed by atoms with Gasteiger partial charge in [0.2, 0.25) is 0 Å². The fourth-order valence-electron chi connectivity index (χ4n) is 2.88. The molecule has 0 spiro atoms. The standard InChI is InChI=1S/C14H20N4S/c1-3-11-10(8-18(2)17-11)12-13(15)19-14(16-12)9-6-4-5-7-9/h8-9H,3-7,15H2,1-2H3. The average molecular weight is 276 g/mol. The Morgan fingerprint density at radius 3 is 2.84 bits per heavy atom. The first-order valence-electron chi connectivity index (χ1n) is 6.98. The predicted molar refractivity (Wildman–Crippen MR) is 79.3 cm³/mol. The van der Waals surface area contributed by atoms with Gasteiger partial charge in [0.25, 0.3) is 0 Å². The first-order valence-corrected chi connectivity index (χ1v) is 7.79. The Balaban J connectivity index is 2.00. The number of aromatic nitrogens is 3. The van der Waals surface area contributed by atoms with E-state index in [1.54, 1.807) is 11.3 Å². The summed E-state index contributed by atoms with van der Waals surface area (Å²) in [5.74, 6) is 0.628. The van der Waals surface area contributed by atoms with Crippen molar-refractivity contribution in [3.63, 3.8) is 0 Å². The molecule has 2 heterocycles. The molecular weight excluding hydrogens is 256 g/mol. The quantitative estimate of drug-likeness (QED) is 0.935. The van der Waals surface area contributed by atoms with Crippen LogP contribution in [0.5, 0.6) is 0 Å². The largest absolute Gasteiger partial charge is 0.389 e. The van der Waals surface area contributed by atoms with E-state index in [0.717, 1.165) is 28.4 Å². The van der Waals surface area contributed by atoms with Gasteiger partial charge < -0.3 is 5.73 Å². The van der Waals surface area contributed by atoms with Gasteiger partial charge in [-0.25, -0.2) is 4.98 Å². The fourth-order valence-corrected chi connectivity index (χ4v) is 3.90. The molecule has 1 fully saturated rings. The Kier molecular flexibility index (Phi) is 3.31. The molecule has 0 saturated heterocycles. The third kappa shape index (κ3) is 2.27. The molecule has 0 bridgehead atoms. The second kappa shape index (κ2) is 4.96. The van der Waals surface area contributed by atoms with Crippen LogP contribution in [0.2, 0.25) is 0 Å². The van der Waals surface area contributed by atoms with Crippen molar-refractivity contribution in [3.05, 3.63) is 16.9 Å². The Morgan fingerprint density at radius 1 is 1.42 bits per heavy atom. The van der Waals surface area contributed by atoms with Gasteiger partial charge in [0.1, 0.15) is 10.7 Å². The van der Waals surface area contributed by atoms with Crippen LogP contribution in [0.3, 0.4) is 0 Å². The van der Waals surface area contributed by atoms with Crippen molar-refractivity contribution in [2.24, 2.45) is 7.05 Å². The zero-order valence-corrected chi connectivity index (χ0v) is 12.3. The lowest BCUT2D eigenvalue weighted by Crippen LogP contribution is -1.92. The molecule has 3 rings (SSSR count). The number of nitrogens with zero attached hydrogens (tertiary/aromatic N) is 3. The van der Waals surface area contributed by atoms with E-state index >= 15 is 0 Å². The molecule has 2 N–H and O–H groups in total. The second-order valence-electron chi connectivity index (χ2n) is 5.26. The predicted octanol–water partition coefficient (Wildman–Crippen LogP) is 3.35. The van der Waals surface area contributed by atoms with Gasteiger partial charge >= 0.3 is 0 Å². The smallest absolute Gasteiger partial charge is 0.114 e. The van der Waals surface area contributed by atoms with Crippen molar-refractivity contribution < 1.29 is 0 Å². The molecule has 0 atom stereocenters. The van der Waals surface area contributed by atoms with Crippen molar-refractivity contribution in [2.45, 2.75) is 44.9 Å². The Hall–Kier alpha value is -1.36. The first kappa shape index (κ1) is 12.7. The van der Waals surface area contributed by atoms with Crippen molar-refractivity contribution in [3.8, 4) is 11.3 Å². The highest BCUT2D eigenvalue weighted by Gasteiger charge is 2.23. The maximum atomic E-state index is 6.19. The molecule has 0 amide bonds. The fraction of sp³-hybridized carbons (Fsp3) is 0.571. The molecule has 0 aromatic carbocycles. The van der Waals surface area contributed by atoms with Crippen LogP contribution in [-0.2, 0) is 13.5 Å². The van der Waals surface area contributed by atoms with Crippen LogP contribution in [0.25, 0.3) is 11.3 Å². The molecule has 102 valence electrons. The zero-order chi connectivity index (χ0) is 13.4. The first-order chi connectivity index (χ1) is 9.19. The van der Waals surface area contributed by atoms with Gasteiger partial charge in [0, 0.05) is 24.7 Å². The molecule has 5 heteroatoms. The lowest BCUT2D eigenvalue weighted by molar-refractivity contribution is 0.717. The van der Waals surface area contributed by atoms with E-state index in [0.29, 0.717) is 5.92 Å². The van der Waals surface area contributed by atoms with Gasteiger partial charge in [0.05, 0.1) is 10.7 Å². The summed E-state index contributed by atoms with van der Waals surface area (Å²) in [6, 6.07) is 0. The van der Waals surface area contributed by atoms with Crippen molar-refractivity contribution >= 4 is 16.3 Å². The summed E-state index contributed by atoms with van der Waals surface area (Å²) in [7, 11) is 1.95. The van der Waals surface area contributed by atoms with E-state index < -0.39 is 0 Å². The van der Waals surface area contributed by atoms with Crippen molar-refractivity contribution in [1.82, 2.24) is 14.8 Å². The van der Waals surface area contributed by atoms with Gasteiger partial charge in [-0.05, 0) is 19.3 Å². The van der Waals surface area contributed by atoms with Gasteiger partial charge in [-0.1, -0.05) is 19.8 Å². The Bertz CT molecular complexity index is 578. The molecule has 4 nitrogen and oxygen atoms in total. The van der Waals surface area contributed by atoms with Crippen molar-refractivity contribution in [1.29, 1.82) is 0 Å². The Morgan fingerprint density at radius 2 is 2.16 bits per heavy atom. The molecule has 1 aliphatic carbocycles. The second-order valence-corrected chi connectivity index (χ2v) is 6.33. The number of thiazole rings is 1. The summed E-state index contributed by atoms with van der Waals surface area (Å²) in [5, 5.41) is 6.54. The van der Waals surface area contributed by atoms with E-state index in [1.165, 1.54) is 30.7 Å². The molecule has 1 saturated carbocycles. The van der Waals surface area contributed by atoms with Crippen molar-refractivity contribution in [2.75, 3.05) is 5.73 Å². The molecule has 2 aromatic rings. The number of aryl methyl sites for hydroxylation is 2. The number of hydrogen-bond acceptors (Lipinski definition) is 4. The molecule has 0 aliphatic heterocycles. The van der Waals surface area contributed by atoms with E-state index in [-0.39, 0.29) is 0 Å². The summed E-state index contributed by atoms with van der Waals surface area (Å²) in [5.41, 5.74) is 9.32. The number of hydrogen-bond donors (Lipinski definition) is 1. The van der Waals surface area contributed by atoms with Crippen LogP contribution in [-0.4, -0.2) is 14.8 Å². The summed E-state index contributed by atoms with van der Waals surface area (Å²) in [6.45, 7) is 2.12. The monoisotopic (exact) mass is 276 g/mol. The van der Waals surface area contributed by atoms with Gasteiger partial charge in [-0.2, -0.15) is 5.10 Å². The minimum atomic E-state index is 0.628. The summed E-state index contributed by atoms with van der Waals surface area (Å²) < 4.78 is 1.85. The van der Waals surface area contributed by atoms with E-state index in [1.807, 2.05) is 17.9 Å². The van der Waals surface area contributed by atoms with E-state index in [2.05, 4.69) is 12.0 Å².